The van der Waals surface area contributed by atoms with E-state index in [1.807, 2.05) is 67.6 Å². The maximum absolute atomic E-state index is 13.6. The molecule has 196 valence electrons. The van der Waals surface area contributed by atoms with Crippen LogP contribution in [0.15, 0.2) is 60.7 Å². The number of para-hydroxylation sites is 1. The van der Waals surface area contributed by atoms with Gasteiger partial charge in [-0.1, -0.05) is 61.9 Å². The molecule has 0 aromatic heterocycles. The van der Waals surface area contributed by atoms with Crippen LogP contribution in [-0.4, -0.2) is 61.7 Å². The van der Waals surface area contributed by atoms with Crippen LogP contribution < -0.4 is 10.3 Å². The normalized spacial score (nSPS) is 12.3. The summed E-state index contributed by atoms with van der Waals surface area (Å²) in [6, 6.07) is 17.7. The number of carbonyl (C=O) groups excluding carboxylic acids is 3. The predicted octanol–water partition coefficient (Wildman–Crippen LogP) is 3.75. The van der Waals surface area contributed by atoms with Crippen molar-refractivity contribution in [3.05, 3.63) is 66.2 Å². The summed E-state index contributed by atoms with van der Waals surface area (Å²) in [5.41, 5.74) is 1.83. The van der Waals surface area contributed by atoms with Gasteiger partial charge < -0.3 is 9.47 Å². The summed E-state index contributed by atoms with van der Waals surface area (Å²) < 4.78 is 10.6. The van der Waals surface area contributed by atoms with Crippen molar-refractivity contribution in [2.24, 2.45) is 0 Å². The molecule has 1 amide bonds. The lowest BCUT2D eigenvalue weighted by atomic mass is 10.0. The van der Waals surface area contributed by atoms with Gasteiger partial charge in [-0.2, -0.15) is 0 Å². The molecule has 0 bridgehead atoms. The lowest BCUT2D eigenvalue weighted by Crippen LogP contribution is -2.56. The summed E-state index contributed by atoms with van der Waals surface area (Å²) in [5.74, 6) is -1.25. The molecular formula is C28H39N3O5. The summed E-state index contributed by atoms with van der Waals surface area (Å²) >= 11 is 0. The van der Waals surface area contributed by atoms with E-state index in [0.29, 0.717) is 19.4 Å². The number of esters is 2. The highest BCUT2D eigenvalue weighted by molar-refractivity contribution is 5.87. The maximum atomic E-state index is 13.6. The van der Waals surface area contributed by atoms with Gasteiger partial charge in [-0.25, -0.2) is 5.01 Å². The first kappa shape index (κ1) is 28.8. The Morgan fingerprint density at radius 3 is 2.19 bits per heavy atom. The third-order valence-corrected chi connectivity index (χ3v) is 5.74. The number of rotatable bonds is 15. The second-order valence-electron chi connectivity index (χ2n) is 8.55. The smallest absolute Gasteiger partial charge is 0.327 e. The topological polar surface area (TPSA) is 88.2 Å². The van der Waals surface area contributed by atoms with E-state index >= 15 is 0 Å². The van der Waals surface area contributed by atoms with E-state index in [4.69, 9.17) is 9.47 Å². The van der Waals surface area contributed by atoms with Crippen LogP contribution in [0.1, 0.15) is 45.6 Å². The number of hydrogen-bond acceptors (Lipinski definition) is 7. The van der Waals surface area contributed by atoms with Crippen molar-refractivity contribution in [2.45, 2.75) is 58.5 Å². The molecule has 0 fully saturated rings. The van der Waals surface area contributed by atoms with Crippen molar-refractivity contribution < 1.29 is 23.9 Å². The fourth-order valence-electron chi connectivity index (χ4n) is 3.68. The lowest BCUT2D eigenvalue weighted by Gasteiger charge is -2.35. The molecule has 0 aliphatic heterocycles. The van der Waals surface area contributed by atoms with Crippen molar-refractivity contribution in [1.82, 2.24) is 10.3 Å². The van der Waals surface area contributed by atoms with Crippen molar-refractivity contribution >= 4 is 23.5 Å². The Labute approximate surface area is 214 Å². The number of anilines is 1. The zero-order valence-corrected chi connectivity index (χ0v) is 21.8. The number of nitrogens with one attached hydrogen (secondary N) is 1. The van der Waals surface area contributed by atoms with Crippen molar-refractivity contribution in [1.29, 1.82) is 0 Å². The van der Waals surface area contributed by atoms with Gasteiger partial charge in [0.15, 0.2) is 0 Å². The number of hydrazine groups is 1. The van der Waals surface area contributed by atoms with E-state index in [1.165, 1.54) is 5.01 Å². The van der Waals surface area contributed by atoms with Gasteiger partial charge in [0.05, 0.1) is 24.9 Å². The minimum Gasteiger partial charge on any atom is -0.465 e. The van der Waals surface area contributed by atoms with Crippen LogP contribution in [0.3, 0.4) is 0 Å². The van der Waals surface area contributed by atoms with E-state index < -0.39 is 24.0 Å². The molecular weight excluding hydrogens is 458 g/mol. The largest absolute Gasteiger partial charge is 0.465 e. The third kappa shape index (κ3) is 9.34. The Morgan fingerprint density at radius 1 is 0.944 bits per heavy atom. The van der Waals surface area contributed by atoms with Gasteiger partial charge in [-0.3, -0.25) is 24.7 Å². The average molecular weight is 498 g/mol. The molecule has 2 aromatic rings. The number of ether oxygens (including phenoxy) is 2. The molecule has 0 aliphatic carbocycles. The first-order valence-electron chi connectivity index (χ1n) is 12.6. The van der Waals surface area contributed by atoms with Crippen LogP contribution in [0.4, 0.5) is 5.69 Å². The summed E-state index contributed by atoms with van der Waals surface area (Å²) in [6.45, 7) is 5.76. The standard InChI is InChI=1S/C28H39N3O5/c1-5-7-20-36-26(32)21-31(30(4)24-16-12-9-13-17-24)27(33)22(3)29-25(28(34)35-6-2)19-18-23-14-10-8-11-15-23/h8-17,22,25,29H,5-7,18-21H2,1-4H3/t22-,25-/m0/s1. The SMILES string of the molecule is CCCCOC(=O)CN(C(=O)[C@H](C)N[C@@H](CCc1ccccc1)C(=O)OCC)N(C)c1ccccc1. The summed E-state index contributed by atoms with van der Waals surface area (Å²) in [4.78, 5) is 38.8. The van der Waals surface area contributed by atoms with Crippen LogP contribution >= 0.6 is 0 Å². The summed E-state index contributed by atoms with van der Waals surface area (Å²) in [5, 5.41) is 6.12. The molecule has 8 nitrogen and oxygen atoms in total. The van der Waals surface area contributed by atoms with Gasteiger partial charge in [0, 0.05) is 7.05 Å². The molecule has 0 radical (unpaired) electrons. The zero-order valence-electron chi connectivity index (χ0n) is 21.8. The summed E-state index contributed by atoms with van der Waals surface area (Å²) in [7, 11) is 1.72. The van der Waals surface area contributed by atoms with Gasteiger partial charge in [-0.15, -0.1) is 0 Å². The van der Waals surface area contributed by atoms with Gasteiger partial charge in [-0.05, 0) is 50.8 Å². The molecule has 0 saturated carbocycles. The third-order valence-electron chi connectivity index (χ3n) is 5.74. The van der Waals surface area contributed by atoms with Crippen LogP contribution in [0.5, 0.6) is 0 Å². The number of benzene rings is 2. The van der Waals surface area contributed by atoms with E-state index in [-0.39, 0.29) is 19.1 Å². The van der Waals surface area contributed by atoms with Gasteiger partial charge in [0.1, 0.15) is 12.6 Å². The molecule has 0 unspecified atom stereocenters. The monoisotopic (exact) mass is 497 g/mol. The Morgan fingerprint density at radius 2 is 1.58 bits per heavy atom. The predicted molar refractivity (Wildman–Crippen MR) is 140 cm³/mol. The minimum absolute atomic E-state index is 0.242. The van der Waals surface area contributed by atoms with Crippen molar-refractivity contribution in [3.63, 3.8) is 0 Å². The van der Waals surface area contributed by atoms with E-state index in [9.17, 15) is 14.4 Å². The van der Waals surface area contributed by atoms with E-state index in [0.717, 1.165) is 24.1 Å². The van der Waals surface area contributed by atoms with Crippen LogP contribution in [0.2, 0.25) is 0 Å². The number of hydrogen-bond donors (Lipinski definition) is 1. The molecule has 8 heteroatoms. The highest BCUT2D eigenvalue weighted by Crippen LogP contribution is 2.16. The Hall–Kier alpha value is -3.39. The van der Waals surface area contributed by atoms with Crippen LogP contribution in [0, 0.1) is 0 Å². The van der Waals surface area contributed by atoms with Crippen LogP contribution in [-0.2, 0) is 30.3 Å². The zero-order chi connectivity index (χ0) is 26.3. The summed E-state index contributed by atoms with van der Waals surface area (Å²) in [6.07, 6.45) is 2.78. The highest BCUT2D eigenvalue weighted by atomic mass is 16.5. The first-order chi connectivity index (χ1) is 17.4. The second kappa shape index (κ2) is 15.6. The number of carbonyl (C=O) groups is 3. The van der Waals surface area contributed by atoms with Gasteiger partial charge in [0.25, 0.3) is 5.91 Å². The number of amides is 1. The maximum Gasteiger partial charge on any atom is 0.327 e. The Kier molecular flexibility index (Phi) is 12.5. The first-order valence-corrected chi connectivity index (χ1v) is 12.6. The minimum atomic E-state index is -0.759. The van der Waals surface area contributed by atoms with Crippen molar-refractivity contribution in [3.8, 4) is 0 Å². The van der Waals surface area contributed by atoms with Crippen molar-refractivity contribution in [2.75, 3.05) is 31.8 Å². The molecule has 2 atom stereocenters. The molecule has 0 heterocycles. The molecule has 2 rings (SSSR count). The Balaban J connectivity index is 2.16. The fraction of sp³-hybridized carbons (Fsp3) is 0.464. The molecule has 0 spiro atoms. The molecule has 1 N–H and O–H groups in total. The second-order valence-corrected chi connectivity index (χ2v) is 8.55. The molecule has 0 aliphatic rings. The average Bonchev–Trinajstić information content (AvgIpc) is 2.90. The van der Waals surface area contributed by atoms with Gasteiger partial charge in [0.2, 0.25) is 0 Å². The van der Waals surface area contributed by atoms with Gasteiger partial charge >= 0.3 is 11.9 Å². The molecule has 2 aromatic carbocycles. The number of aryl methyl sites for hydroxylation is 1. The quantitative estimate of drug-likeness (QED) is 0.228. The number of unbranched alkanes of at least 4 members (excludes halogenated alkanes) is 1. The highest BCUT2D eigenvalue weighted by Gasteiger charge is 2.30. The van der Waals surface area contributed by atoms with E-state index in [2.05, 4.69) is 5.32 Å². The van der Waals surface area contributed by atoms with E-state index in [1.54, 1.807) is 25.9 Å². The lowest BCUT2D eigenvalue weighted by molar-refractivity contribution is -0.151. The van der Waals surface area contributed by atoms with Crippen LogP contribution in [0.25, 0.3) is 0 Å². The molecule has 36 heavy (non-hydrogen) atoms. The fourth-order valence-corrected chi connectivity index (χ4v) is 3.68. The molecule has 0 saturated heterocycles. The number of nitrogens with zero attached hydrogens (tertiary/aromatic N) is 2. The Bertz CT molecular complexity index is 939.